The number of oxazole rings is 1. The number of fused-ring (bicyclic) bond motifs is 1. The lowest BCUT2D eigenvalue weighted by atomic mass is 10.3. The summed E-state index contributed by atoms with van der Waals surface area (Å²) in [6.45, 7) is -0.378. The number of rotatable bonds is 4. The topological polar surface area (TPSA) is 120 Å². The van der Waals surface area contributed by atoms with Crippen LogP contribution in [0, 0.1) is 10.1 Å². The van der Waals surface area contributed by atoms with E-state index in [0.717, 1.165) is 4.57 Å². The Bertz CT molecular complexity index is 993. The zero-order valence-corrected chi connectivity index (χ0v) is 12.7. The van der Waals surface area contributed by atoms with Gasteiger partial charge in [0.2, 0.25) is 5.91 Å². The van der Waals surface area contributed by atoms with Gasteiger partial charge in [0.1, 0.15) is 12.4 Å². The molecule has 0 saturated heterocycles. The third kappa shape index (κ3) is 3.10. The van der Waals surface area contributed by atoms with E-state index in [9.17, 15) is 19.7 Å². The van der Waals surface area contributed by atoms with Crippen LogP contribution in [0.2, 0.25) is 5.02 Å². The van der Waals surface area contributed by atoms with Crippen molar-refractivity contribution in [1.82, 2.24) is 9.55 Å². The molecular weight excluding hydrogens is 340 g/mol. The lowest BCUT2D eigenvalue weighted by Gasteiger charge is -2.05. The number of hydrogen-bond acceptors (Lipinski definition) is 6. The van der Waals surface area contributed by atoms with E-state index in [1.807, 2.05) is 0 Å². The van der Waals surface area contributed by atoms with Gasteiger partial charge in [-0.25, -0.2) is 9.78 Å². The first-order chi connectivity index (χ1) is 11.4. The molecule has 0 aliphatic rings. The zero-order chi connectivity index (χ0) is 17.3. The maximum absolute atomic E-state index is 12.1. The van der Waals surface area contributed by atoms with E-state index in [1.54, 1.807) is 6.07 Å². The number of pyridine rings is 1. The Morgan fingerprint density at radius 2 is 2.17 bits per heavy atom. The molecule has 2 heterocycles. The van der Waals surface area contributed by atoms with Gasteiger partial charge in [-0.1, -0.05) is 11.6 Å². The summed E-state index contributed by atoms with van der Waals surface area (Å²) < 4.78 is 5.98. The molecule has 3 rings (SSSR count). The molecule has 0 aliphatic carbocycles. The van der Waals surface area contributed by atoms with Gasteiger partial charge >= 0.3 is 5.76 Å². The first kappa shape index (κ1) is 15.7. The van der Waals surface area contributed by atoms with Crippen molar-refractivity contribution >= 4 is 40.1 Å². The molecule has 0 bridgehead atoms. The summed E-state index contributed by atoms with van der Waals surface area (Å²) in [4.78, 5) is 38.1. The number of hydrogen-bond donors (Lipinski definition) is 1. The first-order valence-corrected chi connectivity index (χ1v) is 7.01. The molecule has 0 fully saturated rings. The minimum atomic E-state index is -0.787. The van der Waals surface area contributed by atoms with Crippen molar-refractivity contribution in [2.24, 2.45) is 0 Å². The molecule has 1 aromatic carbocycles. The second-order valence-corrected chi connectivity index (χ2v) is 5.21. The molecule has 0 spiro atoms. The SMILES string of the molecule is O=C(Cn1c(=O)oc2ccc([N+](=O)[O-])cc21)Nc1ccc(Cl)cn1. The Hall–Kier alpha value is -3.20. The lowest BCUT2D eigenvalue weighted by molar-refractivity contribution is -0.384. The molecule has 24 heavy (non-hydrogen) atoms. The van der Waals surface area contributed by atoms with Crippen LogP contribution in [0.4, 0.5) is 11.5 Å². The highest BCUT2D eigenvalue weighted by Crippen LogP contribution is 2.20. The smallest absolute Gasteiger partial charge is 0.408 e. The molecule has 0 radical (unpaired) electrons. The first-order valence-electron chi connectivity index (χ1n) is 6.63. The van der Waals surface area contributed by atoms with Gasteiger partial charge in [0.15, 0.2) is 5.58 Å². The average Bonchev–Trinajstić information content (AvgIpc) is 2.84. The van der Waals surface area contributed by atoms with Crippen LogP contribution in [0.1, 0.15) is 0 Å². The standard InChI is InChI=1S/C14H9ClN4O5/c15-8-1-4-12(16-6-8)17-13(20)7-18-10-5-9(19(22)23)2-3-11(10)24-14(18)21/h1-6H,7H2,(H,16,17,20). The van der Waals surface area contributed by atoms with Crippen LogP contribution >= 0.6 is 11.6 Å². The van der Waals surface area contributed by atoms with Crippen molar-refractivity contribution in [2.75, 3.05) is 5.32 Å². The number of carbonyl (C=O) groups is 1. The minimum Gasteiger partial charge on any atom is -0.408 e. The van der Waals surface area contributed by atoms with E-state index in [-0.39, 0.29) is 29.1 Å². The number of nitro groups is 1. The Kier molecular flexibility index (Phi) is 4.00. The largest absolute Gasteiger partial charge is 0.420 e. The molecule has 0 unspecified atom stereocenters. The fourth-order valence-electron chi connectivity index (χ4n) is 2.09. The highest BCUT2D eigenvalue weighted by atomic mass is 35.5. The Labute approximate surface area is 138 Å². The lowest BCUT2D eigenvalue weighted by Crippen LogP contribution is -2.25. The fraction of sp³-hybridized carbons (Fsp3) is 0.0714. The summed E-state index contributed by atoms with van der Waals surface area (Å²) >= 11 is 5.70. The van der Waals surface area contributed by atoms with Crippen LogP contribution in [-0.2, 0) is 11.3 Å². The van der Waals surface area contributed by atoms with Crippen molar-refractivity contribution in [3.63, 3.8) is 0 Å². The second kappa shape index (κ2) is 6.13. The van der Waals surface area contributed by atoms with E-state index in [4.69, 9.17) is 16.0 Å². The van der Waals surface area contributed by atoms with Crippen molar-refractivity contribution in [3.8, 4) is 0 Å². The number of amides is 1. The van der Waals surface area contributed by atoms with Crippen LogP contribution in [-0.4, -0.2) is 20.4 Å². The van der Waals surface area contributed by atoms with Gasteiger partial charge in [0.05, 0.1) is 15.5 Å². The molecule has 0 atom stereocenters. The van der Waals surface area contributed by atoms with Gasteiger partial charge < -0.3 is 9.73 Å². The van der Waals surface area contributed by atoms with E-state index in [1.165, 1.54) is 30.5 Å². The highest BCUT2D eigenvalue weighted by molar-refractivity contribution is 6.30. The third-order valence-corrected chi connectivity index (χ3v) is 3.38. The van der Waals surface area contributed by atoms with Crippen LogP contribution in [0.5, 0.6) is 0 Å². The summed E-state index contributed by atoms with van der Waals surface area (Å²) in [6, 6.07) is 6.75. The molecule has 10 heteroatoms. The van der Waals surface area contributed by atoms with Gasteiger partial charge in [-0.15, -0.1) is 0 Å². The normalized spacial score (nSPS) is 10.7. The number of non-ortho nitro benzene ring substituents is 1. The minimum absolute atomic E-state index is 0.156. The fourth-order valence-corrected chi connectivity index (χ4v) is 2.20. The molecule has 0 aliphatic heterocycles. The van der Waals surface area contributed by atoms with Crippen molar-refractivity contribution in [1.29, 1.82) is 0 Å². The maximum atomic E-state index is 12.1. The van der Waals surface area contributed by atoms with Crippen molar-refractivity contribution < 1.29 is 14.1 Å². The van der Waals surface area contributed by atoms with Gasteiger partial charge in [-0.05, 0) is 18.2 Å². The summed E-state index contributed by atoms with van der Waals surface area (Å²) in [5.74, 6) is -1.07. The summed E-state index contributed by atoms with van der Waals surface area (Å²) in [5.41, 5.74) is 0.105. The van der Waals surface area contributed by atoms with Crippen molar-refractivity contribution in [2.45, 2.75) is 6.54 Å². The predicted octanol–water partition coefficient (Wildman–Crippen LogP) is 2.19. The number of carbonyl (C=O) groups excluding carboxylic acids is 1. The number of aromatic nitrogens is 2. The molecule has 122 valence electrons. The van der Waals surface area contributed by atoms with Crippen LogP contribution in [0.3, 0.4) is 0 Å². The van der Waals surface area contributed by atoms with Gasteiger partial charge in [0.25, 0.3) is 5.69 Å². The maximum Gasteiger partial charge on any atom is 0.420 e. The van der Waals surface area contributed by atoms with Crippen LogP contribution in [0.15, 0.2) is 45.7 Å². The molecule has 1 N–H and O–H groups in total. The Morgan fingerprint density at radius 3 is 2.83 bits per heavy atom. The number of halogens is 1. The number of anilines is 1. The number of nitrogens with one attached hydrogen (secondary N) is 1. The monoisotopic (exact) mass is 348 g/mol. The summed E-state index contributed by atoms with van der Waals surface area (Å²) in [7, 11) is 0. The number of nitrogens with zero attached hydrogens (tertiary/aromatic N) is 3. The van der Waals surface area contributed by atoms with E-state index in [0.29, 0.717) is 5.02 Å². The predicted molar refractivity (Wildman–Crippen MR) is 85.0 cm³/mol. The second-order valence-electron chi connectivity index (χ2n) is 4.77. The zero-order valence-electron chi connectivity index (χ0n) is 11.9. The van der Waals surface area contributed by atoms with Gasteiger partial charge in [-0.3, -0.25) is 19.5 Å². The molecular formula is C14H9ClN4O5. The van der Waals surface area contributed by atoms with Gasteiger partial charge in [0, 0.05) is 18.3 Å². The summed E-state index contributed by atoms with van der Waals surface area (Å²) in [5, 5.41) is 13.7. The summed E-state index contributed by atoms with van der Waals surface area (Å²) in [6.07, 6.45) is 1.36. The molecule has 0 saturated carbocycles. The highest BCUT2D eigenvalue weighted by Gasteiger charge is 2.16. The average molecular weight is 349 g/mol. The van der Waals surface area contributed by atoms with Crippen molar-refractivity contribution in [3.05, 3.63) is 62.2 Å². The number of nitro benzene ring substituents is 1. The van der Waals surface area contributed by atoms with E-state index >= 15 is 0 Å². The molecule has 9 nitrogen and oxygen atoms in total. The molecule has 2 aromatic heterocycles. The van der Waals surface area contributed by atoms with Crippen LogP contribution < -0.4 is 11.1 Å². The quantitative estimate of drug-likeness (QED) is 0.570. The van der Waals surface area contributed by atoms with E-state index < -0.39 is 16.6 Å². The molecule has 3 aromatic rings. The number of benzene rings is 1. The molecule has 1 amide bonds. The third-order valence-electron chi connectivity index (χ3n) is 3.16. The Balaban J connectivity index is 1.88. The van der Waals surface area contributed by atoms with Gasteiger partial charge in [-0.2, -0.15) is 0 Å². The Morgan fingerprint density at radius 1 is 1.38 bits per heavy atom. The van der Waals surface area contributed by atoms with E-state index in [2.05, 4.69) is 10.3 Å². The van der Waals surface area contributed by atoms with Crippen LogP contribution in [0.25, 0.3) is 11.1 Å².